The average Bonchev–Trinajstić information content (AvgIpc) is 2.87. The molecule has 2 aromatic rings. The van der Waals surface area contributed by atoms with Crippen LogP contribution in [0.4, 0.5) is 5.95 Å². The molecular weight excluding hydrogens is 296 g/mol. The van der Waals surface area contributed by atoms with Crippen molar-refractivity contribution in [2.75, 3.05) is 18.4 Å². The van der Waals surface area contributed by atoms with E-state index in [9.17, 15) is 8.42 Å². The zero-order valence-electron chi connectivity index (χ0n) is 11.6. The van der Waals surface area contributed by atoms with Crippen molar-refractivity contribution in [2.24, 2.45) is 5.73 Å². The molecule has 0 amide bonds. The van der Waals surface area contributed by atoms with Crippen LogP contribution in [0.3, 0.4) is 0 Å². The Bertz CT molecular complexity index is 727. The van der Waals surface area contributed by atoms with Gasteiger partial charge in [-0.15, -0.1) is 0 Å². The first kappa shape index (κ1) is 15.2. The average molecular weight is 312 g/mol. The van der Waals surface area contributed by atoms with Crippen molar-refractivity contribution in [2.45, 2.75) is 18.4 Å². The van der Waals surface area contributed by atoms with Gasteiger partial charge in [0.2, 0.25) is 11.8 Å². The van der Waals surface area contributed by atoms with E-state index in [-0.39, 0.29) is 16.7 Å². The summed E-state index contributed by atoms with van der Waals surface area (Å²) in [6, 6.07) is 1.59. The van der Waals surface area contributed by atoms with E-state index in [0.717, 1.165) is 0 Å². The minimum absolute atomic E-state index is 0.0139. The van der Waals surface area contributed by atoms with Crippen LogP contribution in [-0.4, -0.2) is 41.8 Å². The fourth-order valence-corrected chi connectivity index (χ4v) is 2.50. The maximum absolute atomic E-state index is 12.2. The molecule has 114 valence electrons. The number of aryl methyl sites for hydroxylation is 1. The Balaban J connectivity index is 2.26. The Kier molecular flexibility index (Phi) is 4.38. The standard InChI is InChI=1S/C11H16N6O3S/c1-8-5-10(20-2)15-11(14-8)16-21(18,19)9-6-13-17(7-9)4-3-12/h5-7H,3-4,12H2,1-2H3,(H,14,15,16). The highest BCUT2D eigenvalue weighted by Crippen LogP contribution is 2.15. The number of aromatic nitrogens is 4. The number of hydrogen-bond acceptors (Lipinski definition) is 7. The molecule has 2 rings (SSSR count). The second-order valence-corrected chi connectivity index (χ2v) is 5.89. The second-order valence-electron chi connectivity index (χ2n) is 4.21. The highest BCUT2D eigenvalue weighted by atomic mass is 32.2. The third kappa shape index (κ3) is 3.67. The summed E-state index contributed by atoms with van der Waals surface area (Å²) in [4.78, 5) is 7.96. The van der Waals surface area contributed by atoms with Crippen LogP contribution in [0.1, 0.15) is 5.69 Å². The molecule has 0 bridgehead atoms. The Labute approximate surface area is 122 Å². The van der Waals surface area contributed by atoms with Gasteiger partial charge in [-0.2, -0.15) is 10.1 Å². The summed E-state index contributed by atoms with van der Waals surface area (Å²) >= 11 is 0. The van der Waals surface area contributed by atoms with E-state index in [4.69, 9.17) is 10.5 Å². The van der Waals surface area contributed by atoms with E-state index in [0.29, 0.717) is 18.8 Å². The highest BCUT2D eigenvalue weighted by molar-refractivity contribution is 7.92. The summed E-state index contributed by atoms with van der Waals surface area (Å²) in [5.74, 6) is 0.220. The van der Waals surface area contributed by atoms with Crippen molar-refractivity contribution in [3.8, 4) is 5.88 Å². The molecule has 0 saturated heterocycles. The lowest BCUT2D eigenvalue weighted by Crippen LogP contribution is -2.15. The quantitative estimate of drug-likeness (QED) is 0.753. The monoisotopic (exact) mass is 312 g/mol. The maximum atomic E-state index is 12.2. The van der Waals surface area contributed by atoms with E-state index >= 15 is 0 Å². The van der Waals surface area contributed by atoms with Gasteiger partial charge in [0.05, 0.1) is 19.9 Å². The molecule has 2 heterocycles. The third-order valence-corrected chi connectivity index (χ3v) is 3.83. The molecule has 0 saturated carbocycles. The van der Waals surface area contributed by atoms with Gasteiger partial charge in [0.25, 0.3) is 10.0 Å². The first-order chi connectivity index (χ1) is 9.94. The normalized spacial score (nSPS) is 11.4. The minimum atomic E-state index is -3.81. The van der Waals surface area contributed by atoms with Crippen LogP contribution < -0.4 is 15.2 Å². The van der Waals surface area contributed by atoms with E-state index < -0.39 is 10.0 Å². The number of anilines is 1. The summed E-state index contributed by atoms with van der Waals surface area (Å²) in [6.07, 6.45) is 2.63. The van der Waals surface area contributed by atoms with Crippen LogP contribution in [0.5, 0.6) is 5.88 Å². The summed E-state index contributed by atoms with van der Waals surface area (Å²) in [5, 5.41) is 3.92. The van der Waals surface area contributed by atoms with Crippen LogP contribution in [0.15, 0.2) is 23.4 Å². The van der Waals surface area contributed by atoms with E-state index in [1.807, 2.05) is 0 Å². The van der Waals surface area contributed by atoms with Gasteiger partial charge >= 0.3 is 0 Å². The molecule has 0 radical (unpaired) electrons. The number of nitrogens with zero attached hydrogens (tertiary/aromatic N) is 4. The second kappa shape index (κ2) is 6.06. The molecule has 9 nitrogen and oxygen atoms in total. The predicted octanol–water partition coefficient (Wildman–Crippen LogP) is -0.250. The lowest BCUT2D eigenvalue weighted by molar-refractivity contribution is 0.397. The number of methoxy groups -OCH3 is 1. The molecule has 0 spiro atoms. The summed E-state index contributed by atoms with van der Waals surface area (Å²) in [7, 11) is -2.37. The topological polar surface area (TPSA) is 125 Å². The van der Waals surface area contributed by atoms with Gasteiger partial charge in [-0.1, -0.05) is 0 Å². The first-order valence-electron chi connectivity index (χ1n) is 6.09. The Morgan fingerprint density at radius 1 is 1.43 bits per heavy atom. The van der Waals surface area contributed by atoms with Crippen molar-refractivity contribution in [3.63, 3.8) is 0 Å². The van der Waals surface area contributed by atoms with Crippen molar-refractivity contribution in [1.29, 1.82) is 0 Å². The zero-order chi connectivity index (χ0) is 15.5. The van der Waals surface area contributed by atoms with E-state index in [2.05, 4.69) is 19.8 Å². The molecule has 0 aliphatic heterocycles. The zero-order valence-corrected chi connectivity index (χ0v) is 12.5. The van der Waals surface area contributed by atoms with Gasteiger partial charge in [-0.25, -0.2) is 18.1 Å². The minimum Gasteiger partial charge on any atom is -0.481 e. The van der Waals surface area contributed by atoms with Gasteiger partial charge < -0.3 is 10.5 Å². The van der Waals surface area contributed by atoms with Crippen LogP contribution in [-0.2, 0) is 16.6 Å². The summed E-state index contributed by atoms with van der Waals surface area (Å²) in [6.45, 7) is 2.51. The number of hydrogen-bond donors (Lipinski definition) is 2. The van der Waals surface area contributed by atoms with Gasteiger partial charge in [-0.05, 0) is 6.92 Å². The smallest absolute Gasteiger partial charge is 0.267 e. The number of ether oxygens (including phenoxy) is 1. The van der Waals surface area contributed by atoms with E-state index in [1.54, 1.807) is 13.0 Å². The number of nitrogens with two attached hydrogens (primary N) is 1. The first-order valence-corrected chi connectivity index (χ1v) is 7.58. The lowest BCUT2D eigenvalue weighted by atomic mass is 10.4. The molecule has 0 aromatic carbocycles. The van der Waals surface area contributed by atoms with Gasteiger partial charge in [0, 0.05) is 24.5 Å². The van der Waals surface area contributed by atoms with Crippen LogP contribution in [0.2, 0.25) is 0 Å². The summed E-state index contributed by atoms with van der Waals surface area (Å²) in [5.41, 5.74) is 5.97. The molecular formula is C11H16N6O3S. The molecule has 0 unspecified atom stereocenters. The van der Waals surface area contributed by atoms with Crippen molar-refractivity contribution >= 4 is 16.0 Å². The Morgan fingerprint density at radius 3 is 2.86 bits per heavy atom. The van der Waals surface area contributed by atoms with E-state index in [1.165, 1.54) is 24.2 Å². The predicted molar refractivity (Wildman–Crippen MR) is 75.4 cm³/mol. The fraction of sp³-hybridized carbons (Fsp3) is 0.364. The largest absolute Gasteiger partial charge is 0.481 e. The molecule has 0 atom stereocenters. The Hall–Kier alpha value is -2.20. The highest BCUT2D eigenvalue weighted by Gasteiger charge is 2.18. The SMILES string of the molecule is COc1cc(C)nc(NS(=O)(=O)c2cnn(CCN)c2)n1. The van der Waals surface area contributed by atoms with Gasteiger partial charge in [0.1, 0.15) is 4.90 Å². The molecule has 2 aromatic heterocycles. The van der Waals surface area contributed by atoms with Gasteiger partial charge in [-0.3, -0.25) is 4.68 Å². The molecule has 3 N–H and O–H groups in total. The van der Waals surface area contributed by atoms with Crippen LogP contribution in [0.25, 0.3) is 0 Å². The fourth-order valence-electron chi connectivity index (χ4n) is 1.61. The number of nitrogens with one attached hydrogen (secondary N) is 1. The van der Waals surface area contributed by atoms with Crippen molar-refractivity contribution in [1.82, 2.24) is 19.7 Å². The van der Waals surface area contributed by atoms with Crippen LogP contribution in [0, 0.1) is 6.92 Å². The lowest BCUT2D eigenvalue weighted by Gasteiger charge is -2.07. The molecule has 10 heteroatoms. The van der Waals surface area contributed by atoms with Crippen molar-refractivity contribution in [3.05, 3.63) is 24.2 Å². The molecule has 0 fully saturated rings. The third-order valence-electron chi connectivity index (χ3n) is 2.54. The molecule has 0 aliphatic rings. The van der Waals surface area contributed by atoms with Crippen molar-refractivity contribution < 1.29 is 13.2 Å². The maximum Gasteiger partial charge on any atom is 0.267 e. The number of rotatable bonds is 6. The van der Waals surface area contributed by atoms with Crippen LogP contribution >= 0.6 is 0 Å². The Morgan fingerprint density at radius 2 is 2.19 bits per heavy atom. The summed E-state index contributed by atoms with van der Waals surface area (Å²) < 4.78 is 33.1. The van der Waals surface area contributed by atoms with Gasteiger partial charge in [0.15, 0.2) is 0 Å². The molecule has 21 heavy (non-hydrogen) atoms. The molecule has 0 aliphatic carbocycles. The number of sulfonamides is 1.